The van der Waals surface area contributed by atoms with Crippen molar-refractivity contribution in [2.45, 2.75) is 0 Å². The summed E-state index contributed by atoms with van der Waals surface area (Å²) in [6, 6.07) is 58.2. The second kappa shape index (κ2) is 13.0. The van der Waals surface area contributed by atoms with Crippen LogP contribution in [0, 0.1) is 0 Å². The van der Waals surface area contributed by atoms with Gasteiger partial charge in [0.1, 0.15) is 28.7 Å². The van der Waals surface area contributed by atoms with Crippen LogP contribution in [0.5, 0.6) is 0 Å². The molecule has 262 valence electrons. The largest absolute Gasteiger partial charge is 0.455 e. The van der Waals surface area contributed by atoms with E-state index in [9.17, 15) is 0 Å². The van der Waals surface area contributed by atoms with Crippen molar-refractivity contribution >= 4 is 43.9 Å². The van der Waals surface area contributed by atoms with E-state index in [-0.39, 0.29) is 0 Å². The monoisotopic (exact) mass is 718 g/mol. The van der Waals surface area contributed by atoms with Crippen LogP contribution >= 0.6 is 0 Å². The Hall–Kier alpha value is -7.70. The van der Waals surface area contributed by atoms with Crippen molar-refractivity contribution in [2.24, 2.45) is 0 Å². The Labute approximate surface area is 321 Å². The maximum absolute atomic E-state index is 6.58. The van der Waals surface area contributed by atoms with Crippen LogP contribution in [0.25, 0.3) is 111 Å². The molecule has 0 saturated carbocycles. The molecule has 0 fully saturated rings. The van der Waals surface area contributed by atoms with Crippen molar-refractivity contribution in [2.75, 3.05) is 0 Å². The molecule has 56 heavy (non-hydrogen) atoms. The van der Waals surface area contributed by atoms with Gasteiger partial charge in [0.15, 0.2) is 5.82 Å². The van der Waals surface area contributed by atoms with Crippen LogP contribution in [0.4, 0.5) is 0 Å². The van der Waals surface area contributed by atoms with Gasteiger partial charge in [-0.3, -0.25) is 0 Å². The van der Waals surface area contributed by atoms with Crippen molar-refractivity contribution in [3.8, 4) is 67.4 Å². The van der Waals surface area contributed by atoms with E-state index in [1.165, 1.54) is 0 Å². The molecule has 4 aromatic heterocycles. The van der Waals surface area contributed by atoms with Gasteiger partial charge in [-0.05, 0) is 53.6 Å². The lowest BCUT2D eigenvalue weighted by Gasteiger charge is -2.13. The first-order valence-electron chi connectivity index (χ1n) is 18.5. The van der Waals surface area contributed by atoms with Crippen molar-refractivity contribution in [3.63, 3.8) is 0 Å². The second-order valence-electron chi connectivity index (χ2n) is 13.9. The van der Waals surface area contributed by atoms with Crippen LogP contribution < -0.4 is 0 Å². The molecule has 11 aromatic rings. The molecule has 0 aliphatic carbocycles. The van der Waals surface area contributed by atoms with E-state index in [1.54, 1.807) is 12.5 Å². The molecule has 0 saturated heterocycles. The molecule has 0 aliphatic rings. The normalized spacial score (nSPS) is 11.6. The van der Waals surface area contributed by atoms with Gasteiger partial charge < -0.3 is 8.83 Å². The van der Waals surface area contributed by atoms with Crippen LogP contribution in [0.1, 0.15) is 0 Å². The molecular weight excluding hydrogens is 689 g/mol. The maximum Gasteiger partial charge on any atom is 0.160 e. The summed E-state index contributed by atoms with van der Waals surface area (Å²) >= 11 is 0. The number of nitrogens with zero attached hydrogens (tertiary/aromatic N) is 4. The van der Waals surface area contributed by atoms with Crippen molar-refractivity contribution in [3.05, 3.63) is 182 Å². The van der Waals surface area contributed by atoms with Crippen molar-refractivity contribution in [1.82, 2.24) is 19.9 Å². The summed E-state index contributed by atoms with van der Waals surface area (Å²) in [6.45, 7) is 0. The zero-order chi connectivity index (χ0) is 37.0. The molecular formula is C50H30N4O2. The van der Waals surface area contributed by atoms with Crippen LogP contribution in [0.2, 0.25) is 0 Å². The lowest BCUT2D eigenvalue weighted by molar-refractivity contribution is 0.670. The summed E-state index contributed by atoms with van der Waals surface area (Å²) < 4.78 is 13.2. The van der Waals surface area contributed by atoms with Crippen LogP contribution in [0.3, 0.4) is 0 Å². The third-order valence-electron chi connectivity index (χ3n) is 10.5. The molecule has 6 nitrogen and oxygen atoms in total. The average Bonchev–Trinajstić information content (AvgIpc) is 3.86. The van der Waals surface area contributed by atoms with Gasteiger partial charge in [0, 0.05) is 61.1 Å². The topological polar surface area (TPSA) is 77.8 Å². The van der Waals surface area contributed by atoms with E-state index in [1.807, 2.05) is 48.5 Å². The first-order chi connectivity index (χ1) is 27.7. The van der Waals surface area contributed by atoms with E-state index < -0.39 is 0 Å². The Morgan fingerprint density at radius 1 is 0.357 bits per heavy atom. The minimum Gasteiger partial charge on any atom is -0.455 e. The predicted molar refractivity (Wildman–Crippen MR) is 225 cm³/mol. The fourth-order valence-electron chi connectivity index (χ4n) is 7.77. The summed E-state index contributed by atoms with van der Waals surface area (Å²) in [7, 11) is 0. The molecule has 0 radical (unpaired) electrons. The first kappa shape index (κ1) is 31.8. The standard InChI is InChI=1S/C50H30N4O2/c1-2-10-31(11-3-1)44-29-45(33-22-20-32(21-23-33)43-24-25-51-30-52-43)54-50(53-44)36-27-34(37-14-8-16-41-39-12-4-6-18-46(39)55-48(37)41)26-35(28-36)38-15-9-17-42-40-13-5-7-19-47(40)56-49(38)42/h1-30H. The summed E-state index contributed by atoms with van der Waals surface area (Å²) in [6.07, 6.45) is 3.32. The number of rotatable bonds is 6. The zero-order valence-electron chi connectivity index (χ0n) is 29.9. The lowest BCUT2D eigenvalue weighted by Crippen LogP contribution is -1.97. The number of hydrogen-bond acceptors (Lipinski definition) is 6. The SMILES string of the molecule is c1ccc(-c2cc(-c3ccc(-c4ccncn4)cc3)nc(-c3cc(-c4cccc5c4oc4ccccc45)cc(-c4cccc5c4oc4ccccc45)c3)n2)cc1. The van der Waals surface area contributed by atoms with Gasteiger partial charge in [-0.25, -0.2) is 19.9 Å². The Morgan fingerprint density at radius 2 is 0.857 bits per heavy atom. The minimum absolute atomic E-state index is 0.609. The Balaban J connectivity index is 1.15. The van der Waals surface area contributed by atoms with Gasteiger partial charge in [0.25, 0.3) is 0 Å². The summed E-state index contributed by atoms with van der Waals surface area (Å²) in [5.41, 5.74) is 13.7. The van der Waals surface area contributed by atoms with Gasteiger partial charge in [-0.2, -0.15) is 0 Å². The molecule has 7 aromatic carbocycles. The second-order valence-corrected chi connectivity index (χ2v) is 13.9. The van der Waals surface area contributed by atoms with Crippen LogP contribution in [0.15, 0.2) is 191 Å². The molecule has 0 aliphatic heterocycles. The lowest BCUT2D eigenvalue weighted by atomic mass is 9.93. The molecule has 11 rings (SSSR count). The summed E-state index contributed by atoms with van der Waals surface area (Å²) in [4.78, 5) is 19.0. The van der Waals surface area contributed by atoms with Crippen molar-refractivity contribution in [1.29, 1.82) is 0 Å². The van der Waals surface area contributed by atoms with Gasteiger partial charge in [0.05, 0.1) is 17.1 Å². The number of benzene rings is 7. The number of para-hydroxylation sites is 4. The molecule has 0 amide bonds. The zero-order valence-corrected chi connectivity index (χ0v) is 29.9. The van der Waals surface area contributed by atoms with E-state index in [0.717, 1.165) is 105 Å². The van der Waals surface area contributed by atoms with E-state index in [4.69, 9.17) is 18.8 Å². The third-order valence-corrected chi connectivity index (χ3v) is 10.5. The molecule has 0 atom stereocenters. The fourth-order valence-corrected chi connectivity index (χ4v) is 7.77. The molecule has 4 heterocycles. The molecule has 0 unspecified atom stereocenters. The molecule has 0 bridgehead atoms. The Bertz CT molecular complexity index is 3110. The highest BCUT2D eigenvalue weighted by atomic mass is 16.3. The quantitative estimate of drug-likeness (QED) is 0.170. The van der Waals surface area contributed by atoms with Crippen LogP contribution in [-0.2, 0) is 0 Å². The van der Waals surface area contributed by atoms with Gasteiger partial charge in [0.2, 0.25) is 0 Å². The highest BCUT2D eigenvalue weighted by Gasteiger charge is 2.19. The Morgan fingerprint density at radius 3 is 1.43 bits per heavy atom. The number of fused-ring (bicyclic) bond motifs is 6. The van der Waals surface area contributed by atoms with Gasteiger partial charge >= 0.3 is 0 Å². The average molecular weight is 719 g/mol. The number of furan rings is 2. The van der Waals surface area contributed by atoms with E-state index in [0.29, 0.717) is 5.82 Å². The first-order valence-corrected chi connectivity index (χ1v) is 18.5. The van der Waals surface area contributed by atoms with Crippen LogP contribution in [-0.4, -0.2) is 19.9 Å². The minimum atomic E-state index is 0.609. The molecule has 0 N–H and O–H groups in total. The fraction of sp³-hybridized carbons (Fsp3) is 0. The highest BCUT2D eigenvalue weighted by molar-refractivity contribution is 6.11. The molecule has 6 heteroatoms. The van der Waals surface area contributed by atoms with E-state index >= 15 is 0 Å². The third kappa shape index (κ3) is 5.43. The predicted octanol–water partition coefficient (Wildman–Crippen LogP) is 13.1. The smallest absolute Gasteiger partial charge is 0.160 e. The maximum atomic E-state index is 6.58. The van der Waals surface area contributed by atoms with E-state index in [2.05, 4.69) is 131 Å². The summed E-state index contributed by atoms with van der Waals surface area (Å²) in [5.74, 6) is 0.609. The molecule has 0 spiro atoms. The highest BCUT2D eigenvalue weighted by Crippen LogP contribution is 2.42. The summed E-state index contributed by atoms with van der Waals surface area (Å²) in [5, 5.41) is 4.31. The van der Waals surface area contributed by atoms with Gasteiger partial charge in [-0.15, -0.1) is 0 Å². The number of hydrogen-bond donors (Lipinski definition) is 0. The Kier molecular flexibility index (Phi) is 7.38. The van der Waals surface area contributed by atoms with Gasteiger partial charge in [-0.1, -0.05) is 127 Å². The van der Waals surface area contributed by atoms with Crippen molar-refractivity contribution < 1.29 is 8.83 Å². The number of aromatic nitrogens is 4.